The van der Waals surface area contributed by atoms with Crippen molar-refractivity contribution in [2.75, 3.05) is 6.61 Å². The lowest BCUT2D eigenvalue weighted by Crippen LogP contribution is -2.31. The highest BCUT2D eigenvalue weighted by molar-refractivity contribution is 6.07. The lowest BCUT2D eigenvalue weighted by Gasteiger charge is -2.17. The number of ether oxygens (including phenoxy) is 1. The van der Waals surface area contributed by atoms with Gasteiger partial charge in [0.2, 0.25) is 0 Å². The molecule has 0 saturated heterocycles. The van der Waals surface area contributed by atoms with Crippen molar-refractivity contribution in [1.82, 2.24) is 4.98 Å². The van der Waals surface area contributed by atoms with Crippen molar-refractivity contribution in [3.8, 4) is 0 Å². The summed E-state index contributed by atoms with van der Waals surface area (Å²) in [5.41, 5.74) is 0.0724. The van der Waals surface area contributed by atoms with Gasteiger partial charge >= 0.3 is 5.97 Å². The van der Waals surface area contributed by atoms with Gasteiger partial charge < -0.3 is 4.74 Å². The van der Waals surface area contributed by atoms with Crippen LogP contribution < -0.4 is 0 Å². The van der Waals surface area contributed by atoms with Crippen LogP contribution in [0.3, 0.4) is 0 Å². The maximum absolute atomic E-state index is 12.7. The lowest BCUT2D eigenvalue weighted by atomic mass is 9.90. The number of halogens is 1. The third-order valence-corrected chi connectivity index (χ3v) is 2.47. The number of hydrogen-bond acceptors (Lipinski definition) is 4. The van der Waals surface area contributed by atoms with Crippen LogP contribution in [0.5, 0.6) is 0 Å². The number of aromatic nitrogens is 1. The molecule has 4 nitrogen and oxygen atoms in total. The van der Waals surface area contributed by atoms with Gasteiger partial charge in [-0.25, -0.2) is 4.39 Å². The number of hydrogen-bond donors (Lipinski definition) is 0. The molecule has 0 fully saturated rings. The van der Waals surface area contributed by atoms with Crippen LogP contribution in [0.2, 0.25) is 0 Å². The fourth-order valence-electron chi connectivity index (χ4n) is 1.59. The van der Waals surface area contributed by atoms with Crippen LogP contribution in [0.1, 0.15) is 31.3 Å². The van der Waals surface area contributed by atoms with Crippen molar-refractivity contribution < 1.29 is 18.7 Å². The van der Waals surface area contributed by atoms with E-state index in [2.05, 4.69) is 4.98 Å². The molecular formula is C13H16FNO3. The maximum atomic E-state index is 12.7. The summed E-state index contributed by atoms with van der Waals surface area (Å²) in [5, 5.41) is 0. The Hall–Kier alpha value is -1.78. The third-order valence-electron chi connectivity index (χ3n) is 2.47. The molecule has 0 saturated carbocycles. The van der Waals surface area contributed by atoms with Crippen LogP contribution >= 0.6 is 0 Å². The molecule has 0 spiro atoms. The first-order valence-corrected chi connectivity index (χ1v) is 5.79. The fraction of sp³-hybridized carbons (Fsp3) is 0.462. The molecule has 0 radical (unpaired) electrons. The lowest BCUT2D eigenvalue weighted by molar-refractivity contribution is -0.147. The van der Waals surface area contributed by atoms with E-state index in [4.69, 9.17) is 4.74 Å². The Balaban J connectivity index is 2.96. The summed E-state index contributed by atoms with van der Waals surface area (Å²) in [6.07, 6.45) is 0.954. The second-order valence-electron chi connectivity index (χ2n) is 4.20. The second-order valence-corrected chi connectivity index (χ2v) is 4.20. The van der Waals surface area contributed by atoms with E-state index in [0.29, 0.717) is 0 Å². The molecule has 5 heteroatoms. The Morgan fingerprint density at radius 3 is 2.50 bits per heavy atom. The van der Waals surface area contributed by atoms with Gasteiger partial charge in [0.25, 0.3) is 0 Å². The van der Waals surface area contributed by atoms with Crippen molar-refractivity contribution in [3.63, 3.8) is 0 Å². The van der Waals surface area contributed by atoms with E-state index in [0.717, 1.165) is 12.3 Å². The molecule has 0 aliphatic rings. The number of carbonyl (C=O) groups is 2. The van der Waals surface area contributed by atoms with E-state index in [-0.39, 0.29) is 18.2 Å². The molecule has 98 valence electrons. The Labute approximate surface area is 105 Å². The molecule has 0 bridgehead atoms. The van der Waals surface area contributed by atoms with E-state index < -0.39 is 23.5 Å². The van der Waals surface area contributed by atoms with E-state index in [1.54, 1.807) is 20.8 Å². The largest absolute Gasteiger partial charge is 0.465 e. The molecule has 0 aliphatic carbocycles. The van der Waals surface area contributed by atoms with E-state index in [1.807, 2.05) is 0 Å². The average molecular weight is 253 g/mol. The van der Waals surface area contributed by atoms with Gasteiger partial charge in [0, 0.05) is 0 Å². The molecular weight excluding hydrogens is 237 g/mol. The highest BCUT2D eigenvalue weighted by atomic mass is 19.1. The summed E-state index contributed by atoms with van der Waals surface area (Å²) in [7, 11) is 0. The van der Waals surface area contributed by atoms with Gasteiger partial charge in [0.15, 0.2) is 5.78 Å². The monoisotopic (exact) mass is 253 g/mol. The number of pyridine rings is 1. The van der Waals surface area contributed by atoms with Crippen LogP contribution in [-0.2, 0) is 9.53 Å². The van der Waals surface area contributed by atoms with Crippen molar-refractivity contribution in [1.29, 1.82) is 0 Å². The van der Waals surface area contributed by atoms with Crippen molar-refractivity contribution in [2.45, 2.75) is 20.8 Å². The van der Waals surface area contributed by atoms with Gasteiger partial charge in [-0.15, -0.1) is 0 Å². The first-order chi connectivity index (χ1) is 8.47. The number of nitrogens with zero attached hydrogens (tertiary/aromatic N) is 1. The number of carbonyl (C=O) groups excluding carboxylic acids is 2. The standard InChI is InChI=1S/C13H16FNO3/c1-4-18-13(17)11(8(2)3)12(16)10-6-5-9(14)7-15-10/h5-8,11H,4H2,1-3H3. The first kappa shape index (κ1) is 14.3. The molecule has 1 heterocycles. The van der Waals surface area contributed by atoms with Gasteiger partial charge in [0.05, 0.1) is 12.8 Å². The first-order valence-electron chi connectivity index (χ1n) is 5.79. The Kier molecular flexibility index (Phi) is 4.95. The second kappa shape index (κ2) is 6.23. The Morgan fingerprint density at radius 1 is 1.39 bits per heavy atom. The summed E-state index contributed by atoms with van der Waals surface area (Å²) >= 11 is 0. The Bertz CT molecular complexity index is 428. The summed E-state index contributed by atoms with van der Waals surface area (Å²) in [4.78, 5) is 27.5. The van der Waals surface area contributed by atoms with E-state index >= 15 is 0 Å². The van der Waals surface area contributed by atoms with Gasteiger partial charge in [-0.1, -0.05) is 13.8 Å². The zero-order valence-electron chi connectivity index (χ0n) is 10.6. The van der Waals surface area contributed by atoms with Crippen LogP contribution in [0.25, 0.3) is 0 Å². The maximum Gasteiger partial charge on any atom is 0.317 e. The summed E-state index contributed by atoms with van der Waals surface area (Å²) in [6, 6.07) is 2.41. The quantitative estimate of drug-likeness (QED) is 0.459. The molecule has 1 aromatic rings. The highest BCUT2D eigenvalue weighted by Crippen LogP contribution is 2.18. The average Bonchev–Trinajstić information content (AvgIpc) is 2.29. The van der Waals surface area contributed by atoms with Crippen molar-refractivity contribution >= 4 is 11.8 Å². The van der Waals surface area contributed by atoms with Crippen LogP contribution in [0.4, 0.5) is 4.39 Å². The summed E-state index contributed by atoms with van der Waals surface area (Å²) in [6.45, 7) is 5.40. The zero-order valence-corrected chi connectivity index (χ0v) is 10.6. The molecule has 0 aromatic carbocycles. The van der Waals surface area contributed by atoms with Gasteiger partial charge in [-0.05, 0) is 25.0 Å². The molecule has 1 aromatic heterocycles. The smallest absolute Gasteiger partial charge is 0.317 e. The molecule has 1 rings (SSSR count). The van der Waals surface area contributed by atoms with Crippen LogP contribution in [0, 0.1) is 17.7 Å². The van der Waals surface area contributed by atoms with Gasteiger partial charge in [-0.3, -0.25) is 14.6 Å². The topological polar surface area (TPSA) is 56.3 Å². The SMILES string of the molecule is CCOC(=O)C(C(=O)c1ccc(F)cn1)C(C)C. The molecule has 18 heavy (non-hydrogen) atoms. The molecule has 0 aliphatic heterocycles. The molecule has 0 N–H and O–H groups in total. The number of rotatable bonds is 5. The third kappa shape index (κ3) is 3.35. The summed E-state index contributed by atoms with van der Waals surface area (Å²) < 4.78 is 17.6. The Morgan fingerprint density at radius 2 is 2.06 bits per heavy atom. The van der Waals surface area contributed by atoms with Gasteiger partial charge in [0.1, 0.15) is 17.4 Å². The molecule has 1 unspecified atom stereocenters. The minimum Gasteiger partial charge on any atom is -0.465 e. The number of esters is 1. The van der Waals surface area contributed by atoms with E-state index in [1.165, 1.54) is 6.07 Å². The normalized spacial score (nSPS) is 12.3. The zero-order chi connectivity index (χ0) is 13.7. The molecule has 0 amide bonds. The highest BCUT2D eigenvalue weighted by Gasteiger charge is 2.32. The predicted octanol–water partition coefficient (Wildman–Crippen LogP) is 2.24. The van der Waals surface area contributed by atoms with Gasteiger partial charge in [-0.2, -0.15) is 0 Å². The molecule has 1 atom stereocenters. The minimum absolute atomic E-state index is 0.0724. The van der Waals surface area contributed by atoms with E-state index in [9.17, 15) is 14.0 Å². The van der Waals surface area contributed by atoms with Crippen molar-refractivity contribution in [2.24, 2.45) is 11.8 Å². The number of ketones is 1. The van der Waals surface area contributed by atoms with Crippen LogP contribution in [-0.4, -0.2) is 23.3 Å². The van der Waals surface area contributed by atoms with Crippen molar-refractivity contribution in [3.05, 3.63) is 29.8 Å². The van der Waals surface area contributed by atoms with Crippen LogP contribution in [0.15, 0.2) is 18.3 Å². The minimum atomic E-state index is -0.900. The fourth-order valence-corrected chi connectivity index (χ4v) is 1.59. The summed E-state index contributed by atoms with van der Waals surface area (Å²) in [5.74, 6) is -2.64. The number of Topliss-reactive ketones (excluding diaryl/α,β-unsaturated/α-hetero) is 1. The predicted molar refractivity (Wildman–Crippen MR) is 63.5 cm³/mol.